The van der Waals surface area contributed by atoms with Gasteiger partial charge in [-0.3, -0.25) is 4.79 Å². The maximum Gasteiger partial charge on any atom is 0.309 e. The summed E-state index contributed by atoms with van der Waals surface area (Å²) in [6.07, 6.45) is 5.52. The van der Waals surface area contributed by atoms with Gasteiger partial charge in [0.2, 0.25) is 0 Å². The average molecular weight is 352 g/mol. The van der Waals surface area contributed by atoms with Gasteiger partial charge in [0, 0.05) is 5.41 Å². The fraction of sp³-hybridized carbons (Fsp3) is 0.950. The van der Waals surface area contributed by atoms with Crippen LogP contribution in [0.15, 0.2) is 0 Å². The molecule has 0 amide bonds. The molecule has 4 N–H and O–H groups in total. The fourth-order valence-corrected chi connectivity index (χ4v) is 7.96. The maximum atomic E-state index is 12.1. The molecule has 0 aliphatic heterocycles. The lowest BCUT2D eigenvalue weighted by atomic mass is 9.40. The van der Waals surface area contributed by atoms with Gasteiger partial charge in [0.1, 0.15) is 0 Å². The summed E-state index contributed by atoms with van der Waals surface area (Å²) in [7, 11) is 0. The lowest BCUT2D eigenvalue weighted by molar-refractivity contribution is -0.209. The van der Waals surface area contributed by atoms with Crippen LogP contribution in [-0.4, -0.2) is 44.7 Å². The van der Waals surface area contributed by atoms with Crippen LogP contribution in [0.1, 0.15) is 65.2 Å². The van der Waals surface area contributed by atoms with Gasteiger partial charge >= 0.3 is 5.97 Å². The highest BCUT2D eigenvalue weighted by Crippen LogP contribution is 2.72. The van der Waals surface area contributed by atoms with Gasteiger partial charge < -0.3 is 20.4 Å². The van der Waals surface area contributed by atoms with E-state index in [2.05, 4.69) is 6.92 Å². The van der Waals surface area contributed by atoms with Crippen LogP contribution in [0.2, 0.25) is 0 Å². The van der Waals surface area contributed by atoms with Crippen molar-refractivity contribution >= 4 is 5.97 Å². The zero-order valence-electron chi connectivity index (χ0n) is 15.4. The first-order valence-electron chi connectivity index (χ1n) is 9.87. The van der Waals surface area contributed by atoms with Crippen molar-refractivity contribution in [2.75, 3.05) is 6.61 Å². The van der Waals surface area contributed by atoms with E-state index in [-0.39, 0.29) is 35.2 Å². The SMILES string of the molecule is C[C@@]12CCC[C@@](C)(C(=O)O)[C@H]1C[C@H](O)[C@@]13C[C@H](CC[C@@H]21)[C@](O)(CO)C3. The summed E-state index contributed by atoms with van der Waals surface area (Å²) < 4.78 is 0. The summed E-state index contributed by atoms with van der Waals surface area (Å²) in [5.74, 6) is -0.489. The number of carboxylic acids is 1. The summed E-state index contributed by atoms with van der Waals surface area (Å²) in [4.78, 5) is 12.1. The Labute approximate surface area is 149 Å². The van der Waals surface area contributed by atoms with Crippen molar-refractivity contribution in [1.82, 2.24) is 0 Å². The maximum absolute atomic E-state index is 12.1. The van der Waals surface area contributed by atoms with E-state index in [4.69, 9.17) is 0 Å². The molecule has 0 aromatic carbocycles. The highest BCUT2D eigenvalue weighted by molar-refractivity contribution is 5.75. The lowest BCUT2D eigenvalue weighted by Crippen LogP contribution is -2.62. The van der Waals surface area contributed by atoms with Crippen molar-refractivity contribution < 1.29 is 25.2 Å². The Morgan fingerprint density at radius 3 is 2.52 bits per heavy atom. The van der Waals surface area contributed by atoms with Crippen LogP contribution in [0, 0.1) is 34.0 Å². The van der Waals surface area contributed by atoms with Gasteiger partial charge in [-0.15, -0.1) is 0 Å². The molecule has 5 heteroatoms. The van der Waals surface area contributed by atoms with E-state index in [0.29, 0.717) is 19.3 Å². The van der Waals surface area contributed by atoms with E-state index in [1.54, 1.807) is 0 Å². The van der Waals surface area contributed by atoms with Crippen molar-refractivity contribution in [2.24, 2.45) is 34.0 Å². The van der Waals surface area contributed by atoms with E-state index in [9.17, 15) is 25.2 Å². The van der Waals surface area contributed by atoms with E-state index in [1.807, 2.05) is 6.92 Å². The van der Waals surface area contributed by atoms with Crippen molar-refractivity contribution in [3.63, 3.8) is 0 Å². The number of fused-ring (bicyclic) bond motifs is 3. The molecular weight excluding hydrogens is 320 g/mol. The summed E-state index contributed by atoms with van der Waals surface area (Å²) in [6, 6.07) is 0. The van der Waals surface area contributed by atoms with Crippen LogP contribution in [0.5, 0.6) is 0 Å². The van der Waals surface area contributed by atoms with Crippen LogP contribution in [0.25, 0.3) is 0 Å². The van der Waals surface area contributed by atoms with Gasteiger partial charge in [-0.25, -0.2) is 0 Å². The summed E-state index contributed by atoms with van der Waals surface area (Å²) >= 11 is 0. The van der Waals surface area contributed by atoms with Crippen molar-refractivity contribution in [3.05, 3.63) is 0 Å². The topological polar surface area (TPSA) is 98.0 Å². The third kappa shape index (κ3) is 2.03. The third-order valence-electron chi connectivity index (χ3n) is 9.18. The largest absolute Gasteiger partial charge is 0.481 e. The first-order valence-corrected chi connectivity index (χ1v) is 9.87. The normalized spacial score (nSPS) is 57.6. The molecule has 0 heterocycles. The van der Waals surface area contributed by atoms with E-state index in [1.165, 1.54) is 0 Å². The zero-order chi connectivity index (χ0) is 18.3. The highest BCUT2D eigenvalue weighted by Gasteiger charge is 2.71. The Morgan fingerprint density at radius 2 is 1.88 bits per heavy atom. The molecule has 5 nitrogen and oxygen atoms in total. The minimum Gasteiger partial charge on any atom is -0.481 e. The molecule has 4 saturated carbocycles. The summed E-state index contributed by atoms with van der Waals surface area (Å²) in [6.45, 7) is 3.87. The molecule has 4 aliphatic rings. The first-order chi connectivity index (χ1) is 11.6. The van der Waals surface area contributed by atoms with Crippen LogP contribution >= 0.6 is 0 Å². The molecule has 0 aromatic heterocycles. The predicted molar refractivity (Wildman–Crippen MR) is 91.7 cm³/mol. The van der Waals surface area contributed by atoms with E-state index < -0.39 is 23.1 Å². The Kier molecular flexibility index (Phi) is 3.69. The number of aliphatic hydroxyl groups is 3. The smallest absolute Gasteiger partial charge is 0.309 e. The van der Waals surface area contributed by atoms with E-state index >= 15 is 0 Å². The van der Waals surface area contributed by atoms with Crippen LogP contribution < -0.4 is 0 Å². The lowest BCUT2D eigenvalue weighted by Gasteiger charge is -2.64. The molecule has 8 atom stereocenters. The average Bonchev–Trinajstić information content (AvgIpc) is 2.78. The molecule has 4 rings (SSSR count). The fourth-order valence-electron chi connectivity index (χ4n) is 7.96. The van der Waals surface area contributed by atoms with Crippen LogP contribution in [-0.2, 0) is 4.79 Å². The molecule has 0 saturated heterocycles. The van der Waals surface area contributed by atoms with Gasteiger partial charge in [0.05, 0.1) is 23.7 Å². The zero-order valence-corrected chi connectivity index (χ0v) is 15.4. The van der Waals surface area contributed by atoms with E-state index in [0.717, 1.165) is 32.1 Å². The number of rotatable bonds is 2. The minimum atomic E-state index is -1.08. The predicted octanol–water partition coefficient (Wildman–Crippen LogP) is 2.18. The number of aliphatic hydroxyl groups excluding tert-OH is 2. The standard InChI is InChI=1S/C20H32O5/c1-17-6-3-7-18(2,16(23)24)14(17)8-15(22)19-9-12(4-5-13(17)19)20(25,10-19)11-21/h12-15,21-22,25H,3-11H2,1-2H3,(H,23,24)/t12-,13-,14-,15-,17-,18+,19+,20+/m0/s1. The van der Waals surface area contributed by atoms with Crippen LogP contribution in [0.4, 0.5) is 0 Å². The van der Waals surface area contributed by atoms with Crippen molar-refractivity contribution in [2.45, 2.75) is 76.9 Å². The highest BCUT2D eigenvalue weighted by atomic mass is 16.4. The number of carbonyl (C=O) groups is 1. The summed E-state index contributed by atoms with van der Waals surface area (Å²) in [5.41, 5.74) is -2.33. The number of hydrogen-bond donors (Lipinski definition) is 4. The number of carboxylic acid groups (broad SMARTS) is 1. The second-order valence-electron chi connectivity index (χ2n) is 10.1. The number of hydrogen-bond acceptors (Lipinski definition) is 4. The second kappa shape index (κ2) is 5.20. The quantitative estimate of drug-likeness (QED) is 0.611. The molecule has 2 bridgehead atoms. The third-order valence-corrected chi connectivity index (χ3v) is 9.18. The Bertz CT molecular complexity index is 593. The Morgan fingerprint density at radius 1 is 1.16 bits per heavy atom. The van der Waals surface area contributed by atoms with Gasteiger partial charge in [0.15, 0.2) is 0 Å². The minimum absolute atomic E-state index is 0.0313. The molecule has 0 unspecified atom stereocenters. The molecular formula is C20H32O5. The van der Waals surface area contributed by atoms with Crippen molar-refractivity contribution in [1.29, 1.82) is 0 Å². The Balaban J connectivity index is 1.78. The molecule has 0 radical (unpaired) electrons. The summed E-state index contributed by atoms with van der Waals surface area (Å²) in [5, 5.41) is 41.8. The molecule has 25 heavy (non-hydrogen) atoms. The molecule has 4 fully saturated rings. The monoisotopic (exact) mass is 352 g/mol. The molecule has 4 aliphatic carbocycles. The number of aliphatic carboxylic acids is 1. The molecule has 1 spiro atoms. The second-order valence-corrected chi connectivity index (χ2v) is 10.1. The van der Waals surface area contributed by atoms with Crippen molar-refractivity contribution in [3.8, 4) is 0 Å². The molecule has 142 valence electrons. The first kappa shape index (κ1) is 17.7. The van der Waals surface area contributed by atoms with Crippen LogP contribution in [0.3, 0.4) is 0 Å². The van der Waals surface area contributed by atoms with Gasteiger partial charge in [0.25, 0.3) is 0 Å². The van der Waals surface area contributed by atoms with Gasteiger partial charge in [-0.05, 0) is 75.0 Å². The molecule has 0 aromatic rings. The Hall–Kier alpha value is -0.650. The van der Waals surface area contributed by atoms with Gasteiger partial charge in [-0.1, -0.05) is 13.3 Å². The van der Waals surface area contributed by atoms with Gasteiger partial charge in [-0.2, -0.15) is 0 Å².